The van der Waals surface area contributed by atoms with Crippen molar-refractivity contribution in [2.24, 2.45) is 0 Å². The molecule has 0 N–H and O–H groups in total. The molecule has 0 spiro atoms. The zero-order valence-corrected chi connectivity index (χ0v) is 17.1. The maximum Gasteiger partial charge on any atom is 0.243 e. The number of nitrogens with zero attached hydrogens (tertiary/aromatic N) is 3. The fourth-order valence-corrected chi connectivity index (χ4v) is 4.92. The van der Waals surface area contributed by atoms with Gasteiger partial charge in [0, 0.05) is 19.5 Å². The monoisotopic (exact) mass is 431 g/mol. The normalized spacial score (nSPS) is 17.4. The number of ether oxygens (including phenoxy) is 1. The number of sulfonamides is 1. The molecule has 158 valence electrons. The summed E-state index contributed by atoms with van der Waals surface area (Å²) >= 11 is 0. The molecule has 0 radical (unpaired) electrons. The van der Waals surface area contributed by atoms with E-state index in [1.807, 2.05) is 30.3 Å². The fraction of sp³-hybridized carbons (Fsp3) is 0.333. The number of halogens is 1. The zero-order valence-electron chi connectivity index (χ0n) is 16.3. The molecule has 0 bridgehead atoms. The molecule has 0 aliphatic carbocycles. The van der Waals surface area contributed by atoms with Crippen molar-refractivity contribution in [1.29, 1.82) is 0 Å². The van der Waals surface area contributed by atoms with Crippen molar-refractivity contribution < 1.29 is 22.1 Å². The summed E-state index contributed by atoms with van der Waals surface area (Å²) in [5, 5.41) is 3.98. The maximum atomic E-state index is 13.4. The van der Waals surface area contributed by atoms with E-state index in [0.717, 1.165) is 11.6 Å². The van der Waals surface area contributed by atoms with Crippen LogP contribution in [0.4, 0.5) is 4.39 Å². The Hall–Kier alpha value is -2.62. The summed E-state index contributed by atoms with van der Waals surface area (Å²) in [6.45, 7) is 1.52. The van der Waals surface area contributed by atoms with Gasteiger partial charge in [0.2, 0.25) is 15.9 Å². The van der Waals surface area contributed by atoms with E-state index in [9.17, 15) is 12.8 Å². The lowest BCUT2D eigenvalue weighted by molar-refractivity contribution is 0.122. The smallest absolute Gasteiger partial charge is 0.243 e. The molecule has 2 aromatic carbocycles. The van der Waals surface area contributed by atoms with E-state index in [1.54, 1.807) is 0 Å². The van der Waals surface area contributed by atoms with Crippen molar-refractivity contribution in [3.8, 4) is 0 Å². The SMILES string of the molecule is O=S(=O)(c1cccc(F)c1)N1CCC(c2nc(CCOCc3ccccc3)no2)C1. The van der Waals surface area contributed by atoms with Crippen molar-refractivity contribution in [3.05, 3.63) is 77.7 Å². The Morgan fingerprint density at radius 3 is 2.80 bits per heavy atom. The summed E-state index contributed by atoms with van der Waals surface area (Å²) in [7, 11) is -3.76. The van der Waals surface area contributed by atoms with E-state index in [0.29, 0.717) is 44.3 Å². The van der Waals surface area contributed by atoms with E-state index in [2.05, 4.69) is 10.1 Å². The summed E-state index contributed by atoms with van der Waals surface area (Å²) in [5.74, 6) is 0.192. The number of hydrogen-bond acceptors (Lipinski definition) is 6. The highest BCUT2D eigenvalue weighted by molar-refractivity contribution is 7.89. The second-order valence-electron chi connectivity index (χ2n) is 7.14. The van der Waals surface area contributed by atoms with Crippen LogP contribution in [-0.2, 0) is 27.8 Å². The molecule has 0 saturated carbocycles. The van der Waals surface area contributed by atoms with Gasteiger partial charge in [-0.05, 0) is 30.2 Å². The van der Waals surface area contributed by atoms with Gasteiger partial charge in [-0.2, -0.15) is 9.29 Å². The van der Waals surface area contributed by atoms with Gasteiger partial charge in [-0.3, -0.25) is 0 Å². The number of hydrogen-bond donors (Lipinski definition) is 0. The number of benzene rings is 2. The summed E-state index contributed by atoms with van der Waals surface area (Å²) in [5.41, 5.74) is 1.09. The van der Waals surface area contributed by atoms with Gasteiger partial charge in [-0.1, -0.05) is 41.6 Å². The molecular weight excluding hydrogens is 409 g/mol. The van der Waals surface area contributed by atoms with Crippen LogP contribution in [0.1, 0.15) is 29.6 Å². The van der Waals surface area contributed by atoms with Crippen molar-refractivity contribution in [2.45, 2.75) is 30.3 Å². The Kier molecular flexibility index (Phi) is 6.21. The Labute approximate surface area is 174 Å². The Morgan fingerprint density at radius 1 is 1.17 bits per heavy atom. The second-order valence-corrected chi connectivity index (χ2v) is 9.08. The molecule has 1 atom stereocenters. The predicted molar refractivity (Wildman–Crippen MR) is 107 cm³/mol. The average Bonchev–Trinajstić information content (AvgIpc) is 3.42. The van der Waals surface area contributed by atoms with Crippen LogP contribution in [0.3, 0.4) is 0 Å². The second kappa shape index (κ2) is 9.03. The van der Waals surface area contributed by atoms with Gasteiger partial charge in [-0.25, -0.2) is 12.8 Å². The quantitative estimate of drug-likeness (QED) is 0.510. The van der Waals surface area contributed by atoms with E-state index in [-0.39, 0.29) is 17.4 Å². The van der Waals surface area contributed by atoms with Gasteiger partial charge < -0.3 is 9.26 Å². The summed E-state index contributed by atoms with van der Waals surface area (Å²) in [6, 6.07) is 14.9. The summed E-state index contributed by atoms with van der Waals surface area (Å²) in [4.78, 5) is 4.35. The van der Waals surface area contributed by atoms with Crippen molar-refractivity contribution in [2.75, 3.05) is 19.7 Å². The van der Waals surface area contributed by atoms with Crippen LogP contribution in [0, 0.1) is 5.82 Å². The summed E-state index contributed by atoms with van der Waals surface area (Å²) in [6.07, 6.45) is 1.08. The molecule has 1 aromatic heterocycles. The first-order valence-electron chi connectivity index (χ1n) is 9.72. The van der Waals surface area contributed by atoms with Crippen LogP contribution < -0.4 is 0 Å². The first kappa shape index (κ1) is 20.6. The number of aromatic nitrogens is 2. The lowest BCUT2D eigenvalue weighted by atomic mass is 10.1. The van der Waals surface area contributed by atoms with Gasteiger partial charge in [0.05, 0.1) is 24.0 Å². The first-order valence-corrected chi connectivity index (χ1v) is 11.2. The molecule has 1 aliphatic rings. The van der Waals surface area contributed by atoms with E-state index in [1.165, 1.54) is 22.5 Å². The maximum absolute atomic E-state index is 13.4. The molecule has 1 fully saturated rings. The lowest BCUT2D eigenvalue weighted by Gasteiger charge is -2.15. The van der Waals surface area contributed by atoms with Crippen molar-refractivity contribution in [3.63, 3.8) is 0 Å². The van der Waals surface area contributed by atoms with Gasteiger partial charge in [0.1, 0.15) is 5.82 Å². The molecule has 7 nitrogen and oxygen atoms in total. The highest BCUT2D eigenvalue weighted by Gasteiger charge is 2.35. The third-order valence-electron chi connectivity index (χ3n) is 5.00. The zero-order chi connectivity index (χ0) is 21.0. The van der Waals surface area contributed by atoms with Crippen molar-refractivity contribution >= 4 is 10.0 Å². The van der Waals surface area contributed by atoms with Crippen LogP contribution in [0.2, 0.25) is 0 Å². The van der Waals surface area contributed by atoms with Crippen LogP contribution in [-0.4, -0.2) is 42.6 Å². The Morgan fingerprint density at radius 2 is 2.00 bits per heavy atom. The van der Waals surface area contributed by atoms with Gasteiger partial charge in [0.15, 0.2) is 5.82 Å². The first-order chi connectivity index (χ1) is 14.5. The van der Waals surface area contributed by atoms with E-state index < -0.39 is 15.8 Å². The standard InChI is InChI=1S/C21H22FN3O4S/c22-18-7-4-8-19(13-18)30(26,27)25-11-9-17(14-25)21-23-20(24-29-21)10-12-28-15-16-5-2-1-3-6-16/h1-8,13,17H,9-12,14-15H2. The molecule has 9 heteroatoms. The molecule has 1 saturated heterocycles. The average molecular weight is 431 g/mol. The van der Waals surface area contributed by atoms with E-state index in [4.69, 9.17) is 9.26 Å². The van der Waals surface area contributed by atoms with Gasteiger partial charge in [0.25, 0.3) is 0 Å². The minimum atomic E-state index is -3.76. The molecule has 2 heterocycles. The minimum absolute atomic E-state index is 0.0510. The van der Waals surface area contributed by atoms with Crippen LogP contribution in [0.15, 0.2) is 64.0 Å². The van der Waals surface area contributed by atoms with Gasteiger partial charge in [-0.15, -0.1) is 0 Å². The predicted octanol–water partition coefficient (Wildman–Crippen LogP) is 3.15. The Balaban J connectivity index is 1.31. The van der Waals surface area contributed by atoms with E-state index >= 15 is 0 Å². The molecule has 30 heavy (non-hydrogen) atoms. The highest BCUT2D eigenvalue weighted by Crippen LogP contribution is 2.30. The molecular formula is C21H22FN3O4S. The van der Waals surface area contributed by atoms with Crippen LogP contribution >= 0.6 is 0 Å². The minimum Gasteiger partial charge on any atom is -0.376 e. The Bertz CT molecular complexity index is 1090. The lowest BCUT2D eigenvalue weighted by Crippen LogP contribution is -2.28. The summed E-state index contributed by atoms with van der Waals surface area (Å²) < 4.78 is 51.2. The van der Waals surface area contributed by atoms with Crippen molar-refractivity contribution in [1.82, 2.24) is 14.4 Å². The molecule has 1 unspecified atom stereocenters. The number of rotatable bonds is 8. The van der Waals surface area contributed by atoms with Crippen LogP contribution in [0.25, 0.3) is 0 Å². The molecule has 1 aliphatic heterocycles. The highest BCUT2D eigenvalue weighted by atomic mass is 32.2. The molecule has 4 rings (SSSR count). The topological polar surface area (TPSA) is 85.5 Å². The third-order valence-corrected chi connectivity index (χ3v) is 6.86. The largest absolute Gasteiger partial charge is 0.376 e. The molecule has 0 amide bonds. The third kappa shape index (κ3) is 4.75. The van der Waals surface area contributed by atoms with Crippen LogP contribution in [0.5, 0.6) is 0 Å². The molecule has 3 aromatic rings. The van der Waals surface area contributed by atoms with Gasteiger partial charge >= 0.3 is 0 Å². The fourth-order valence-electron chi connectivity index (χ4n) is 3.39.